The third kappa shape index (κ3) is 3.94. The van der Waals surface area contributed by atoms with Crippen LogP contribution in [0.25, 0.3) is 11.1 Å². The van der Waals surface area contributed by atoms with Gasteiger partial charge in [0.15, 0.2) is 23.1 Å². The van der Waals surface area contributed by atoms with E-state index in [0.29, 0.717) is 29.7 Å². The van der Waals surface area contributed by atoms with Crippen molar-refractivity contribution in [1.82, 2.24) is 5.32 Å². The standard InChI is InChI=1S/C28H25NO8/c1-12(30)21-20(32)11-15-9-14-10-18-17(13-3-5-16(6-4-13)37-28(36)29-2)7-8-19(31)24(18)27(35)22(14)26(34)23(15)25(21)33/h3-8,14-15,21-23,31H,9-11H2,1-2H3,(H,29,36). The van der Waals surface area contributed by atoms with Gasteiger partial charge in [0.25, 0.3) is 0 Å². The Labute approximate surface area is 212 Å². The summed E-state index contributed by atoms with van der Waals surface area (Å²) in [6.07, 6.45) is -0.0287. The Balaban J connectivity index is 1.51. The molecule has 3 aliphatic carbocycles. The van der Waals surface area contributed by atoms with E-state index in [4.69, 9.17) is 4.74 Å². The number of ketones is 5. The second-order valence-corrected chi connectivity index (χ2v) is 9.95. The van der Waals surface area contributed by atoms with Gasteiger partial charge in [-0.2, -0.15) is 0 Å². The van der Waals surface area contributed by atoms with Crippen molar-refractivity contribution < 1.29 is 38.6 Å². The lowest BCUT2D eigenvalue weighted by molar-refractivity contribution is -0.152. The molecule has 0 radical (unpaired) electrons. The smallest absolute Gasteiger partial charge is 0.412 e. The number of hydrogen-bond acceptors (Lipinski definition) is 8. The third-order valence-electron chi connectivity index (χ3n) is 7.81. The van der Waals surface area contributed by atoms with E-state index < -0.39 is 64.6 Å². The van der Waals surface area contributed by atoms with E-state index in [1.54, 1.807) is 30.3 Å². The normalized spacial score (nSPS) is 26.6. The van der Waals surface area contributed by atoms with Gasteiger partial charge in [-0.15, -0.1) is 0 Å². The lowest BCUT2D eigenvalue weighted by Crippen LogP contribution is -2.55. The van der Waals surface area contributed by atoms with Crippen LogP contribution in [0.1, 0.15) is 35.7 Å². The number of aromatic hydroxyl groups is 1. The highest BCUT2D eigenvalue weighted by molar-refractivity contribution is 6.28. The fourth-order valence-electron chi connectivity index (χ4n) is 6.25. The van der Waals surface area contributed by atoms with Crippen molar-refractivity contribution in [1.29, 1.82) is 0 Å². The minimum atomic E-state index is -1.44. The molecule has 0 spiro atoms. The maximum Gasteiger partial charge on any atom is 0.412 e. The summed E-state index contributed by atoms with van der Waals surface area (Å²) in [6.45, 7) is 1.16. The van der Waals surface area contributed by atoms with E-state index in [2.05, 4.69) is 5.32 Å². The molecule has 0 aromatic heterocycles. The predicted octanol–water partition coefficient (Wildman–Crippen LogP) is 2.70. The molecule has 5 atom stereocenters. The number of hydrogen-bond donors (Lipinski definition) is 2. The molecule has 3 aliphatic rings. The second kappa shape index (κ2) is 9.06. The van der Waals surface area contributed by atoms with Crippen LogP contribution in [0.15, 0.2) is 36.4 Å². The van der Waals surface area contributed by atoms with Gasteiger partial charge < -0.3 is 15.2 Å². The van der Waals surface area contributed by atoms with Crippen LogP contribution in [0, 0.1) is 29.6 Å². The van der Waals surface area contributed by atoms with Crippen LogP contribution in [-0.2, 0) is 25.6 Å². The molecule has 0 bridgehead atoms. The summed E-state index contributed by atoms with van der Waals surface area (Å²) < 4.78 is 5.12. The minimum absolute atomic E-state index is 0.0453. The van der Waals surface area contributed by atoms with Gasteiger partial charge in [0.05, 0.1) is 17.4 Å². The predicted molar refractivity (Wildman–Crippen MR) is 129 cm³/mol. The van der Waals surface area contributed by atoms with E-state index in [9.17, 15) is 33.9 Å². The molecule has 190 valence electrons. The molecule has 9 heteroatoms. The Hall–Kier alpha value is -4.14. The average molecular weight is 504 g/mol. The highest BCUT2D eigenvalue weighted by Gasteiger charge is 2.57. The highest BCUT2D eigenvalue weighted by Crippen LogP contribution is 2.49. The molecule has 0 aliphatic heterocycles. The zero-order valence-corrected chi connectivity index (χ0v) is 20.3. The van der Waals surface area contributed by atoms with Crippen molar-refractivity contribution >= 4 is 35.0 Å². The molecular weight excluding hydrogens is 478 g/mol. The van der Waals surface area contributed by atoms with Gasteiger partial charge in [0, 0.05) is 13.5 Å². The lowest BCUT2D eigenvalue weighted by Gasteiger charge is -2.44. The van der Waals surface area contributed by atoms with Gasteiger partial charge in [-0.1, -0.05) is 18.2 Å². The average Bonchev–Trinajstić information content (AvgIpc) is 2.84. The summed E-state index contributed by atoms with van der Waals surface area (Å²) in [5, 5.41) is 13.0. The molecule has 1 amide bonds. The molecule has 0 heterocycles. The molecule has 5 rings (SSSR count). The number of benzene rings is 2. The van der Waals surface area contributed by atoms with Crippen LogP contribution in [0.4, 0.5) is 4.79 Å². The minimum Gasteiger partial charge on any atom is -0.507 e. The van der Waals surface area contributed by atoms with Gasteiger partial charge in [-0.25, -0.2) is 4.79 Å². The van der Waals surface area contributed by atoms with Crippen molar-refractivity contribution in [2.24, 2.45) is 29.6 Å². The summed E-state index contributed by atoms with van der Waals surface area (Å²) in [5.41, 5.74) is 2.05. The summed E-state index contributed by atoms with van der Waals surface area (Å²) in [6, 6.07) is 9.75. The molecule has 9 nitrogen and oxygen atoms in total. The fraction of sp³-hybridized carbons (Fsp3) is 0.357. The quantitative estimate of drug-likeness (QED) is 0.609. The highest BCUT2D eigenvalue weighted by atomic mass is 16.5. The number of amides is 1. The SMILES string of the molecule is CNC(=O)Oc1ccc(-c2ccc(O)c3c2CC2CC4CC(=O)C(C(C)=O)C(=O)C4C(=O)C2C3=O)cc1. The topological polar surface area (TPSA) is 144 Å². The Kier molecular flexibility index (Phi) is 6.01. The summed E-state index contributed by atoms with van der Waals surface area (Å²) in [5.74, 6) is -7.45. The van der Waals surface area contributed by atoms with Gasteiger partial charge in [0.2, 0.25) is 0 Å². The first-order valence-corrected chi connectivity index (χ1v) is 12.1. The second-order valence-electron chi connectivity index (χ2n) is 9.95. The van der Waals surface area contributed by atoms with Crippen LogP contribution >= 0.6 is 0 Å². The number of rotatable bonds is 3. The van der Waals surface area contributed by atoms with Crippen molar-refractivity contribution in [3.05, 3.63) is 47.5 Å². The Morgan fingerprint density at radius 1 is 0.919 bits per heavy atom. The van der Waals surface area contributed by atoms with Crippen LogP contribution in [0.2, 0.25) is 0 Å². The Morgan fingerprint density at radius 3 is 2.24 bits per heavy atom. The first kappa shape index (κ1) is 24.5. The third-order valence-corrected chi connectivity index (χ3v) is 7.81. The summed E-state index contributed by atoms with van der Waals surface area (Å²) >= 11 is 0. The van der Waals surface area contributed by atoms with Crippen LogP contribution < -0.4 is 10.1 Å². The largest absolute Gasteiger partial charge is 0.507 e. The van der Waals surface area contributed by atoms with E-state index in [1.165, 1.54) is 13.1 Å². The van der Waals surface area contributed by atoms with E-state index in [0.717, 1.165) is 12.5 Å². The van der Waals surface area contributed by atoms with Crippen molar-refractivity contribution in [3.63, 3.8) is 0 Å². The monoisotopic (exact) mass is 503 g/mol. The molecule has 2 N–H and O–H groups in total. The maximum absolute atomic E-state index is 13.6. The Bertz CT molecular complexity index is 1380. The first-order chi connectivity index (χ1) is 17.6. The zero-order chi connectivity index (χ0) is 26.6. The lowest BCUT2D eigenvalue weighted by atomic mass is 9.55. The van der Waals surface area contributed by atoms with Crippen LogP contribution in [-0.4, -0.2) is 47.2 Å². The van der Waals surface area contributed by atoms with E-state index in [1.807, 2.05) is 0 Å². The number of phenols is 1. The summed E-state index contributed by atoms with van der Waals surface area (Å²) in [7, 11) is 1.45. The molecular formula is C28H25NO8. The molecule has 2 aromatic rings. The van der Waals surface area contributed by atoms with E-state index >= 15 is 0 Å². The zero-order valence-electron chi connectivity index (χ0n) is 20.3. The van der Waals surface area contributed by atoms with Gasteiger partial charge in [0.1, 0.15) is 23.2 Å². The van der Waals surface area contributed by atoms with Crippen molar-refractivity contribution in [3.8, 4) is 22.6 Å². The van der Waals surface area contributed by atoms with Crippen molar-refractivity contribution in [2.45, 2.75) is 26.2 Å². The molecule has 2 aromatic carbocycles. The maximum atomic E-state index is 13.6. The molecule has 2 saturated carbocycles. The fourth-order valence-corrected chi connectivity index (χ4v) is 6.25. The van der Waals surface area contributed by atoms with Crippen LogP contribution in [0.5, 0.6) is 11.5 Å². The first-order valence-electron chi connectivity index (χ1n) is 12.1. The van der Waals surface area contributed by atoms with E-state index in [-0.39, 0.29) is 17.7 Å². The molecule has 2 fully saturated rings. The number of carbonyl (C=O) groups excluding carboxylic acids is 6. The number of Topliss-reactive ketones (excluding diaryl/α,β-unsaturated/α-hetero) is 5. The molecule has 5 unspecified atom stereocenters. The molecule has 37 heavy (non-hydrogen) atoms. The number of fused-ring (bicyclic) bond motifs is 3. The number of nitrogens with one attached hydrogen (secondary N) is 1. The number of ether oxygens (including phenoxy) is 1. The van der Waals surface area contributed by atoms with Gasteiger partial charge in [-0.3, -0.25) is 24.0 Å². The number of phenolic OH excluding ortho intramolecular Hbond substituents is 1. The summed E-state index contributed by atoms with van der Waals surface area (Å²) in [4.78, 5) is 76.1. The van der Waals surface area contributed by atoms with Crippen LogP contribution in [0.3, 0.4) is 0 Å². The Morgan fingerprint density at radius 2 is 1.59 bits per heavy atom. The molecule has 0 saturated heterocycles. The van der Waals surface area contributed by atoms with Crippen molar-refractivity contribution in [2.75, 3.05) is 7.05 Å². The number of carbonyl (C=O) groups is 6. The van der Waals surface area contributed by atoms with Gasteiger partial charge >= 0.3 is 6.09 Å². The van der Waals surface area contributed by atoms with Gasteiger partial charge in [-0.05, 0) is 66.5 Å².